The fourth-order valence-corrected chi connectivity index (χ4v) is 4.59. The Morgan fingerprint density at radius 3 is 2.31 bits per heavy atom. The maximum Gasteiger partial charge on any atom is 0.267 e. The van der Waals surface area contributed by atoms with Crippen molar-refractivity contribution in [1.29, 1.82) is 0 Å². The van der Waals surface area contributed by atoms with Crippen LogP contribution in [-0.4, -0.2) is 27.8 Å². The number of aryl methyl sites for hydroxylation is 1. The lowest BCUT2D eigenvalue weighted by molar-refractivity contribution is 0.185. The number of para-hydroxylation sites is 2. The maximum atomic E-state index is 12.6. The van der Waals surface area contributed by atoms with E-state index in [1.165, 1.54) is 23.1 Å². The third kappa shape index (κ3) is 5.36. The number of aromatic nitrogens is 2. The highest BCUT2D eigenvalue weighted by molar-refractivity contribution is 5.83. The number of hydrogen-bond acceptors (Lipinski definition) is 4. The van der Waals surface area contributed by atoms with Crippen molar-refractivity contribution in [3.63, 3.8) is 0 Å². The van der Waals surface area contributed by atoms with Crippen LogP contribution >= 0.6 is 0 Å². The molecule has 0 radical (unpaired) electrons. The molecule has 35 heavy (non-hydrogen) atoms. The lowest BCUT2D eigenvalue weighted by Gasteiger charge is -2.30. The number of ether oxygens (including phenoxy) is 1. The van der Waals surface area contributed by atoms with E-state index in [1.54, 1.807) is 13.1 Å². The molecular weight excluding hydrogens is 434 g/mol. The Hall–Kier alpha value is -3.70. The van der Waals surface area contributed by atoms with Crippen molar-refractivity contribution in [2.24, 2.45) is 13.0 Å². The van der Waals surface area contributed by atoms with Crippen molar-refractivity contribution < 1.29 is 4.74 Å². The van der Waals surface area contributed by atoms with Crippen LogP contribution < -0.4 is 10.3 Å². The summed E-state index contributed by atoms with van der Waals surface area (Å²) in [6.07, 6.45) is 2.54. The number of benzene rings is 3. The predicted octanol–water partition coefficient (Wildman–Crippen LogP) is 6.14. The van der Waals surface area contributed by atoms with Gasteiger partial charge >= 0.3 is 0 Å². The SMILES string of the molecule is CC1CCN(Cc2ccc(-c3cc(=O)n(C)nc3-c3ccccc3Oc3ccccc3)cc2)CC1. The van der Waals surface area contributed by atoms with E-state index in [9.17, 15) is 4.79 Å². The van der Waals surface area contributed by atoms with Crippen LogP contribution in [0.25, 0.3) is 22.4 Å². The number of rotatable bonds is 6. The lowest BCUT2D eigenvalue weighted by atomic mass is 9.97. The van der Waals surface area contributed by atoms with Gasteiger partial charge in [0.25, 0.3) is 5.56 Å². The van der Waals surface area contributed by atoms with Crippen LogP contribution in [0.2, 0.25) is 0 Å². The monoisotopic (exact) mass is 465 g/mol. The zero-order valence-electron chi connectivity index (χ0n) is 20.4. The first kappa shape index (κ1) is 23.1. The summed E-state index contributed by atoms with van der Waals surface area (Å²) in [5.74, 6) is 2.28. The second-order valence-electron chi connectivity index (χ2n) is 9.44. The highest BCUT2D eigenvalue weighted by Gasteiger charge is 2.18. The summed E-state index contributed by atoms with van der Waals surface area (Å²) in [5, 5.41) is 4.66. The summed E-state index contributed by atoms with van der Waals surface area (Å²) < 4.78 is 7.58. The predicted molar refractivity (Wildman–Crippen MR) is 141 cm³/mol. The van der Waals surface area contributed by atoms with Gasteiger partial charge in [-0.25, -0.2) is 4.68 Å². The Balaban J connectivity index is 1.48. The van der Waals surface area contributed by atoms with Gasteiger partial charge in [0.1, 0.15) is 17.2 Å². The Bertz CT molecular complexity index is 1340. The minimum absolute atomic E-state index is 0.142. The maximum absolute atomic E-state index is 12.6. The van der Waals surface area contributed by atoms with E-state index in [1.807, 2.05) is 54.6 Å². The second-order valence-corrected chi connectivity index (χ2v) is 9.44. The normalized spacial score (nSPS) is 14.7. The molecule has 0 saturated carbocycles. The third-order valence-corrected chi connectivity index (χ3v) is 6.75. The van der Waals surface area contributed by atoms with Crippen LogP contribution in [0.15, 0.2) is 89.7 Å². The minimum atomic E-state index is -0.142. The van der Waals surface area contributed by atoms with Gasteiger partial charge in [-0.3, -0.25) is 9.69 Å². The summed E-state index contributed by atoms with van der Waals surface area (Å²) >= 11 is 0. The van der Waals surface area contributed by atoms with Crippen LogP contribution in [0.5, 0.6) is 11.5 Å². The van der Waals surface area contributed by atoms with Crippen molar-refractivity contribution in [2.45, 2.75) is 26.3 Å². The van der Waals surface area contributed by atoms with Crippen molar-refractivity contribution in [2.75, 3.05) is 13.1 Å². The van der Waals surface area contributed by atoms with E-state index in [4.69, 9.17) is 4.74 Å². The van der Waals surface area contributed by atoms with Gasteiger partial charge in [0.05, 0.1) is 0 Å². The molecule has 0 bridgehead atoms. The largest absolute Gasteiger partial charge is 0.457 e. The molecule has 1 fully saturated rings. The molecule has 0 aliphatic carbocycles. The van der Waals surface area contributed by atoms with E-state index in [-0.39, 0.29) is 5.56 Å². The van der Waals surface area contributed by atoms with E-state index < -0.39 is 0 Å². The first-order valence-corrected chi connectivity index (χ1v) is 12.3. The standard InChI is InChI=1S/C30H31N3O2/c1-22-16-18-33(19-17-22)21-23-12-14-24(15-13-23)27-20-29(34)32(2)31-30(27)26-10-6-7-11-28(26)35-25-8-4-3-5-9-25/h3-15,20,22H,16-19,21H2,1-2H3. The quantitative estimate of drug-likeness (QED) is 0.343. The zero-order chi connectivity index (χ0) is 24.2. The smallest absolute Gasteiger partial charge is 0.267 e. The summed E-state index contributed by atoms with van der Waals surface area (Å²) in [6.45, 7) is 5.61. The number of piperidine rings is 1. The van der Waals surface area contributed by atoms with E-state index in [0.29, 0.717) is 5.75 Å². The zero-order valence-corrected chi connectivity index (χ0v) is 20.4. The third-order valence-electron chi connectivity index (χ3n) is 6.75. The first-order valence-electron chi connectivity index (χ1n) is 12.3. The van der Waals surface area contributed by atoms with Crippen LogP contribution in [0.1, 0.15) is 25.3 Å². The Labute approximate surface area is 206 Å². The molecule has 1 aliphatic rings. The fourth-order valence-electron chi connectivity index (χ4n) is 4.59. The van der Waals surface area contributed by atoms with Gasteiger partial charge in [-0.15, -0.1) is 0 Å². The highest BCUT2D eigenvalue weighted by Crippen LogP contribution is 2.37. The molecular formula is C30H31N3O2. The summed E-state index contributed by atoms with van der Waals surface area (Å²) in [7, 11) is 1.68. The Morgan fingerprint density at radius 2 is 1.57 bits per heavy atom. The number of hydrogen-bond donors (Lipinski definition) is 0. The molecule has 1 saturated heterocycles. The van der Waals surface area contributed by atoms with Crippen LogP contribution in [0, 0.1) is 5.92 Å². The number of nitrogens with zero attached hydrogens (tertiary/aromatic N) is 3. The van der Waals surface area contributed by atoms with Crippen molar-refractivity contribution in [1.82, 2.24) is 14.7 Å². The highest BCUT2D eigenvalue weighted by atomic mass is 16.5. The van der Waals surface area contributed by atoms with Crippen molar-refractivity contribution in [3.05, 3.63) is 101 Å². The summed E-state index contributed by atoms with van der Waals surface area (Å²) in [5.41, 5.74) is 4.47. The average Bonchev–Trinajstić information content (AvgIpc) is 2.88. The van der Waals surface area contributed by atoms with Crippen molar-refractivity contribution in [3.8, 4) is 33.9 Å². The van der Waals surface area contributed by atoms with Crippen LogP contribution in [0.4, 0.5) is 0 Å². The Morgan fingerprint density at radius 1 is 0.886 bits per heavy atom. The van der Waals surface area contributed by atoms with Crippen molar-refractivity contribution >= 4 is 0 Å². The molecule has 4 aromatic rings. The van der Waals surface area contributed by atoms with E-state index >= 15 is 0 Å². The molecule has 0 N–H and O–H groups in total. The molecule has 0 unspecified atom stereocenters. The molecule has 3 aromatic carbocycles. The molecule has 5 rings (SSSR count). The van der Waals surface area contributed by atoms with Gasteiger partial charge in [0.2, 0.25) is 0 Å². The molecule has 0 spiro atoms. The minimum Gasteiger partial charge on any atom is -0.457 e. The van der Waals surface area contributed by atoms with Gasteiger partial charge in [-0.05, 0) is 67.2 Å². The molecule has 0 atom stereocenters. The molecule has 1 aliphatic heterocycles. The van der Waals surface area contributed by atoms with E-state index in [0.717, 1.165) is 53.7 Å². The van der Waals surface area contributed by atoms with Gasteiger partial charge in [-0.1, -0.05) is 61.5 Å². The second kappa shape index (κ2) is 10.3. The molecule has 5 heteroatoms. The van der Waals surface area contributed by atoms with Gasteiger partial charge in [0, 0.05) is 30.8 Å². The van der Waals surface area contributed by atoms with E-state index in [2.05, 4.69) is 41.2 Å². The topological polar surface area (TPSA) is 47.4 Å². The molecule has 0 amide bonds. The van der Waals surface area contributed by atoms with Crippen LogP contribution in [-0.2, 0) is 13.6 Å². The summed E-state index contributed by atoms with van der Waals surface area (Å²) in [6, 6.07) is 27.7. The fraction of sp³-hybridized carbons (Fsp3) is 0.267. The Kier molecular flexibility index (Phi) is 6.77. The van der Waals surface area contributed by atoms with Gasteiger partial charge in [-0.2, -0.15) is 5.10 Å². The summed E-state index contributed by atoms with van der Waals surface area (Å²) in [4.78, 5) is 15.1. The lowest BCUT2D eigenvalue weighted by Crippen LogP contribution is -2.32. The first-order chi connectivity index (χ1) is 17.1. The van der Waals surface area contributed by atoms with Gasteiger partial charge in [0.15, 0.2) is 0 Å². The average molecular weight is 466 g/mol. The van der Waals surface area contributed by atoms with Crippen LogP contribution in [0.3, 0.4) is 0 Å². The molecule has 2 heterocycles. The molecule has 5 nitrogen and oxygen atoms in total. The van der Waals surface area contributed by atoms with Gasteiger partial charge < -0.3 is 4.74 Å². The molecule has 1 aromatic heterocycles. The molecule has 178 valence electrons. The number of likely N-dealkylation sites (tertiary alicyclic amines) is 1.